The molecular formula is C27H38N4O2. The van der Waals surface area contributed by atoms with Gasteiger partial charge in [-0.05, 0) is 45.1 Å². The van der Waals surface area contributed by atoms with Crippen LogP contribution in [-0.2, 0) is 4.79 Å². The monoisotopic (exact) mass is 450 g/mol. The summed E-state index contributed by atoms with van der Waals surface area (Å²) in [5.74, 6) is -0.148. The first-order valence-electron chi connectivity index (χ1n) is 12.8. The van der Waals surface area contributed by atoms with E-state index in [1.54, 1.807) is 6.20 Å². The van der Waals surface area contributed by atoms with E-state index in [0.717, 1.165) is 56.9 Å². The summed E-state index contributed by atoms with van der Waals surface area (Å²) in [4.78, 5) is 29.7. The fourth-order valence-electron chi connectivity index (χ4n) is 5.33. The van der Waals surface area contributed by atoms with Gasteiger partial charge in [-0.15, -0.1) is 0 Å². The maximum absolute atomic E-state index is 14.0. The average molecular weight is 451 g/mol. The van der Waals surface area contributed by atoms with Gasteiger partial charge >= 0.3 is 0 Å². The number of nitrogens with one attached hydrogen (secondary N) is 1. The summed E-state index contributed by atoms with van der Waals surface area (Å²) >= 11 is 0. The second kappa shape index (κ2) is 11.0. The van der Waals surface area contributed by atoms with Crippen molar-refractivity contribution in [1.29, 1.82) is 0 Å². The zero-order chi connectivity index (χ0) is 23.2. The van der Waals surface area contributed by atoms with Gasteiger partial charge in [-0.25, -0.2) is 0 Å². The first-order chi connectivity index (χ1) is 16.0. The highest BCUT2D eigenvalue weighted by atomic mass is 16.2. The molecule has 1 N–H and O–H groups in total. The second-order valence-corrected chi connectivity index (χ2v) is 9.96. The summed E-state index contributed by atoms with van der Waals surface area (Å²) in [6.07, 6.45) is 14.3. The summed E-state index contributed by atoms with van der Waals surface area (Å²) in [5, 5.41) is 7.72. The molecule has 6 heteroatoms. The number of benzene rings is 1. The van der Waals surface area contributed by atoms with Gasteiger partial charge in [0.25, 0.3) is 5.91 Å². The van der Waals surface area contributed by atoms with Crippen molar-refractivity contribution < 1.29 is 9.59 Å². The second-order valence-electron chi connectivity index (χ2n) is 9.96. The Labute approximate surface area is 197 Å². The SMILES string of the molecule is CC(C)n1cc(C(=O)N(C2CCCCC2)C(C(=O)NC2CCCCC2)c2ccccc2)cn1. The molecule has 0 bridgehead atoms. The first kappa shape index (κ1) is 23.5. The van der Waals surface area contributed by atoms with Gasteiger partial charge in [0.1, 0.15) is 6.04 Å². The average Bonchev–Trinajstić information content (AvgIpc) is 3.35. The van der Waals surface area contributed by atoms with Crippen LogP contribution in [-0.4, -0.2) is 38.6 Å². The predicted molar refractivity (Wildman–Crippen MR) is 130 cm³/mol. The minimum Gasteiger partial charge on any atom is -0.351 e. The lowest BCUT2D eigenvalue weighted by Gasteiger charge is -2.40. The van der Waals surface area contributed by atoms with E-state index >= 15 is 0 Å². The van der Waals surface area contributed by atoms with Crippen molar-refractivity contribution in [1.82, 2.24) is 20.0 Å². The highest BCUT2D eigenvalue weighted by Gasteiger charge is 2.38. The van der Waals surface area contributed by atoms with Gasteiger partial charge in [0.15, 0.2) is 0 Å². The Morgan fingerprint density at radius 3 is 2.21 bits per heavy atom. The first-order valence-corrected chi connectivity index (χ1v) is 12.8. The van der Waals surface area contributed by atoms with E-state index in [1.807, 2.05) is 60.0 Å². The molecule has 2 aliphatic carbocycles. The molecule has 1 atom stereocenters. The molecule has 2 aliphatic rings. The van der Waals surface area contributed by atoms with E-state index in [-0.39, 0.29) is 29.9 Å². The van der Waals surface area contributed by atoms with Crippen LogP contribution in [0.2, 0.25) is 0 Å². The molecule has 1 aromatic carbocycles. The number of amides is 2. The maximum atomic E-state index is 14.0. The smallest absolute Gasteiger partial charge is 0.258 e. The maximum Gasteiger partial charge on any atom is 0.258 e. The third kappa shape index (κ3) is 5.66. The highest BCUT2D eigenvalue weighted by Crippen LogP contribution is 2.33. The molecule has 0 aliphatic heterocycles. The van der Waals surface area contributed by atoms with Crippen molar-refractivity contribution >= 4 is 11.8 Å². The molecule has 4 rings (SSSR count). The highest BCUT2D eigenvalue weighted by molar-refractivity contribution is 5.98. The molecule has 0 radical (unpaired) electrons. The molecule has 1 aromatic heterocycles. The quantitative estimate of drug-likeness (QED) is 0.612. The summed E-state index contributed by atoms with van der Waals surface area (Å²) in [7, 11) is 0. The zero-order valence-electron chi connectivity index (χ0n) is 20.1. The summed E-state index contributed by atoms with van der Waals surface area (Å²) in [5.41, 5.74) is 1.43. The van der Waals surface area contributed by atoms with Crippen LogP contribution in [0.3, 0.4) is 0 Å². The standard InChI is InChI=1S/C27H38N4O2/c1-20(2)30-19-22(18-28-30)27(33)31(24-16-10-5-11-17-24)25(21-12-6-3-7-13-21)26(32)29-23-14-8-4-9-15-23/h3,6-7,12-13,18-20,23-25H,4-5,8-11,14-17H2,1-2H3,(H,29,32). The zero-order valence-corrected chi connectivity index (χ0v) is 20.1. The normalized spacial score (nSPS) is 18.8. The van der Waals surface area contributed by atoms with Crippen LogP contribution in [0, 0.1) is 0 Å². The number of carbonyl (C=O) groups excluding carboxylic acids is 2. The Hall–Kier alpha value is -2.63. The summed E-state index contributed by atoms with van der Waals surface area (Å²) in [6.45, 7) is 4.09. The Balaban J connectivity index is 1.70. The van der Waals surface area contributed by atoms with E-state index in [9.17, 15) is 9.59 Å². The van der Waals surface area contributed by atoms with Crippen LogP contribution < -0.4 is 5.32 Å². The Morgan fingerprint density at radius 2 is 1.61 bits per heavy atom. The number of hydrogen-bond donors (Lipinski definition) is 1. The van der Waals surface area contributed by atoms with E-state index in [1.165, 1.54) is 12.8 Å². The van der Waals surface area contributed by atoms with Crippen LogP contribution >= 0.6 is 0 Å². The van der Waals surface area contributed by atoms with Crippen LogP contribution in [0.25, 0.3) is 0 Å². The van der Waals surface area contributed by atoms with Gasteiger partial charge in [0.05, 0.1) is 11.8 Å². The lowest BCUT2D eigenvalue weighted by molar-refractivity contribution is -0.127. The lowest BCUT2D eigenvalue weighted by Crippen LogP contribution is -2.51. The number of nitrogens with zero attached hydrogens (tertiary/aromatic N) is 3. The molecule has 0 spiro atoms. The van der Waals surface area contributed by atoms with Gasteiger partial charge in [-0.3, -0.25) is 14.3 Å². The van der Waals surface area contributed by atoms with Gasteiger partial charge in [0.2, 0.25) is 5.91 Å². The number of hydrogen-bond acceptors (Lipinski definition) is 3. The minimum atomic E-state index is -0.633. The van der Waals surface area contributed by atoms with E-state index in [4.69, 9.17) is 0 Å². The molecule has 178 valence electrons. The number of aromatic nitrogens is 2. The fraction of sp³-hybridized carbons (Fsp3) is 0.593. The van der Waals surface area contributed by atoms with Crippen molar-refractivity contribution in [2.24, 2.45) is 0 Å². The molecule has 0 saturated heterocycles. The van der Waals surface area contributed by atoms with E-state index in [0.29, 0.717) is 5.56 Å². The van der Waals surface area contributed by atoms with Gasteiger partial charge < -0.3 is 10.2 Å². The van der Waals surface area contributed by atoms with Gasteiger partial charge in [-0.2, -0.15) is 5.10 Å². The van der Waals surface area contributed by atoms with Crippen LogP contribution in [0.15, 0.2) is 42.7 Å². The lowest BCUT2D eigenvalue weighted by atomic mass is 9.90. The van der Waals surface area contributed by atoms with E-state index < -0.39 is 6.04 Å². The topological polar surface area (TPSA) is 67.2 Å². The van der Waals surface area contributed by atoms with Crippen molar-refractivity contribution in [3.05, 3.63) is 53.9 Å². The third-order valence-electron chi connectivity index (χ3n) is 7.17. The minimum absolute atomic E-state index is 0.0518. The largest absolute Gasteiger partial charge is 0.351 e. The fourth-order valence-corrected chi connectivity index (χ4v) is 5.33. The van der Waals surface area contributed by atoms with Crippen LogP contribution in [0.4, 0.5) is 0 Å². The molecule has 2 amide bonds. The number of carbonyl (C=O) groups is 2. The molecule has 2 fully saturated rings. The summed E-state index contributed by atoms with van der Waals surface area (Å²) < 4.78 is 1.81. The molecule has 6 nitrogen and oxygen atoms in total. The van der Waals surface area contributed by atoms with Crippen molar-refractivity contribution in [2.45, 2.75) is 102 Å². The molecule has 2 saturated carbocycles. The molecule has 33 heavy (non-hydrogen) atoms. The molecule has 2 aromatic rings. The Morgan fingerprint density at radius 1 is 0.970 bits per heavy atom. The van der Waals surface area contributed by atoms with Crippen molar-refractivity contribution in [2.75, 3.05) is 0 Å². The van der Waals surface area contributed by atoms with E-state index in [2.05, 4.69) is 10.4 Å². The summed E-state index contributed by atoms with van der Waals surface area (Å²) in [6, 6.07) is 9.62. The Kier molecular flexibility index (Phi) is 7.84. The van der Waals surface area contributed by atoms with Crippen molar-refractivity contribution in [3.63, 3.8) is 0 Å². The van der Waals surface area contributed by atoms with Gasteiger partial charge in [-0.1, -0.05) is 68.9 Å². The molecular weight excluding hydrogens is 412 g/mol. The van der Waals surface area contributed by atoms with Crippen LogP contribution in [0.1, 0.15) is 106 Å². The van der Waals surface area contributed by atoms with Gasteiger partial charge in [0, 0.05) is 24.3 Å². The van der Waals surface area contributed by atoms with Crippen molar-refractivity contribution in [3.8, 4) is 0 Å². The Bertz CT molecular complexity index is 911. The third-order valence-corrected chi connectivity index (χ3v) is 7.17. The molecule has 1 unspecified atom stereocenters. The predicted octanol–water partition coefficient (Wildman–Crippen LogP) is 5.43. The number of rotatable bonds is 7. The van der Waals surface area contributed by atoms with Crippen LogP contribution in [0.5, 0.6) is 0 Å². The molecule has 1 heterocycles.